The van der Waals surface area contributed by atoms with Crippen molar-refractivity contribution in [2.75, 3.05) is 32.0 Å². The van der Waals surface area contributed by atoms with Gasteiger partial charge in [0.2, 0.25) is 0 Å². The number of ether oxygens (including phenoxy) is 1. The summed E-state index contributed by atoms with van der Waals surface area (Å²) in [5.74, 6) is 0.522. The van der Waals surface area contributed by atoms with Crippen LogP contribution in [0.15, 0.2) is 30.3 Å². The third-order valence-corrected chi connectivity index (χ3v) is 8.16. The zero-order chi connectivity index (χ0) is 24.8. The van der Waals surface area contributed by atoms with Gasteiger partial charge in [-0.1, -0.05) is 11.6 Å². The molecule has 0 saturated carbocycles. The lowest BCUT2D eigenvalue weighted by atomic mass is 10.1. The van der Waals surface area contributed by atoms with Gasteiger partial charge in [-0.05, 0) is 51.1 Å². The van der Waals surface area contributed by atoms with Crippen molar-refractivity contribution in [3.05, 3.63) is 46.2 Å². The predicted octanol–water partition coefficient (Wildman–Crippen LogP) is 4.71. The summed E-state index contributed by atoms with van der Waals surface area (Å²) in [6, 6.07) is 9.81. The average Bonchev–Trinajstić information content (AvgIpc) is 3.19. The summed E-state index contributed by atoms with van der Waals surface area (Å²) in [5, 5.41) is 8.90. The second-order valence-electron chi connectivity index (χ2n) is 9.57. The summed E-state index contributed by atoms with van der Waals surface area (Å²) in [5.41, 5.74) is 3.09. The van der Waals surface area contributed by atoms with Gasteiger partial charge in [0.1, 0.15) is 16.6 Å². The van der Waals surface area contributed by atoms with Gasteiger partial charge in [0.25, 0.3) is 5.91 Å². The number of aromatic nitrogens is 3. The maximum Gasteiger partial charge on any atom is 0.263 e. The number of pyridine rings is 1. The van der Waals surface area contributed by atoms with Crippen LogP contribution in [0.2, 0.25) is 5.15 Å². The van der Waals surface area contributed by atoms with Crippen LogP contribution >= 0.6 is 22.9 Å². The SMILES string of the molecule is C[C@@H]1CNc2c(sc3ccc4nc(-c5cc(Cl)nc(COC6CCN(C)CC6)n5)ccc4c23)C(=O)N1. The number of rotatable bonds is 4. The highest BCUT2D eigenvalue weighted by molar-refractivity contribution is 7.21. The lowest BCUT2D eigenvalue weighted by molar-refractivity contribution is -0.000719. The van der Waals surface area contributed by atoms with E-state index in [1.807, 2.05) is 31.2 Å². The summed E-state index contributed by atoms with van der Waals surface area (Å²) in [6.07, 6.45) is 2.23. The maximum absolute atomic E-state index is 12.7. The van der Waals surface area contributed by atoms with Crippen molar-refractivity contribution in [3.63, 3.8) is 0 Å². The first-order valence-electron chi connectivity index (χ1n) is 12.2. The molecule has 0 bridgehead atoms. The molecule has 1 aromatic carbocycles. The Labute approximate surface area is 218 Å². The van der Waals surface area contributed by atoms with Crippen molar-refractivity contribution >= 4 is 55.5 Å². The van der Waals surface area contributed by atoms with Gasteiger partial charge in [-0.2, -0.15) is 0 Å². The number of fused-ring (bicyclic) bond motifs is 5. The molecule has 10 heteroatoms. The van der Waals surface area contributed by atoms with Crippen molar-refractivity contribution < 1.29 is 9.53 Å². The second-order valence-corrected chi connectivity index (χ2v) is 11.0. The molecule has 0 unspecified atom stereocenters. The Hall–Kier alpha value is -2.85. The normalized spacial score (nSPS) is 19.2. The molecule has 1 atom stereocenters. The van der Waals surface area contributed by atoms with Crippen LogP contribution in [0.4, 0.5) is 5.69 Å². The lowest BCUT2D eigenvalue weighted by Crippen LogP contribution is -2.34. The first kappa shape index (κ1) is 23.5. The molecule has 0 radical (unpaired) electrons. The standard InChI is InChI=1S/C26H27ClN6O2S/c1-14-12-28-24-23-16-3-4-18(30-17(16)5-6-20(23)36-25(24)26(34)29-14)19-11-21(27)32-22(31-19)13-35-15-7-9-33(2)10-8-15/h3-6,11,14-15,28H,7-10,12-13H2,1-2H3,(H,29,34)/t14-/m1/s1. The summed E-state index contributed by atoms with van der Waals surface area (Å²) < 4.78 is 7.14. The van der Waals surface area contributed by atoms with Crippen LogP contribution in [0, 0.1) is 0 Å². The number of nitrogens with one attached hydrogen (secondary N) is 2. The smallest absolute Gasteiger partial charge is 0.263 e. The van der Waals surface area contributed by atoms with Gasteiger partial charge in [0.15, 0.2) is 5.82 Å². The predicted molar refractivity (Wildman–Crippen MR) is 144 cm³/mol. The Kier molecular flexibility index (Phi) is 6.25. The maximum atomic E-state index is 12.7. The van der Waals surface area contributed by atoms with Crippen molar-refractivity contribution in [1.82, 2.24) is 25.2 Å². The van der Waals surface area contributed by atoms with Crippen LogP contribution in [0.5, 0.6) is 0 Å². The van der Waals surface area contributed by atoms with Gasteiger partial charge < -0.3 is 20.3 Å². The fourth-order valence-electron chi connectivity index (χ4n) is 4.87. The molecule has 3 aromatic heterocycles. The van der Waals surface area contributed by atoms with E-state index in [1.165, 1.54) is 11.3 Å². The van der Waals surface area contributed by atoms with Crippen molar-refractivity contribution in [2.45, 2.75) is 38.5 Å². The largest absolute Gasteiger partial charge is 0.381 e. The van der Waals surface area contributed by atoms with Crippen molar-refractivity contribution in [2.24, 2.45) is 0 Å². The average molecular weight is 523 g/mol. The van der Waals surface area contributed by atoms with Gasteiger partial charge in [0.05, 0.1) is 28.7 Å². The Morgan fingerprint density at radius 2 is 1.97 bits per heavy atom. The molecule has 2 N–H and O–H groups in total. The number of thiophene rings is 1. The van der Waals surface area contributed by atoms with E-state index in [4.69, 9.17) is 26.3 Å². The van der Waals surface area contributed by atoms with E-state index in [1.54, 1.807) is 6.07 Å². The van der Waals surface area contributed by atoms with E-state index in [2.05, 4.69) is 27.6 Å². The molecule has 5 heterocycles. The van der Waals surface area contributed by atoms with Crippen LogP contribution in [-0.2, 0) is 11.3 Å². The number of amides is 1. The quantitative estimate of drug-likeness (QED) is 0.375. The Morgan fingerprint density at radius 3 is 2.81 bits per heavy atom. The summed E-state index contributed by atoms with van der Waals surface area (Å²) >= 11 is 7.86. The minimum absolute atomic E-state index is 0.0351. The van der Waals surface area contributed by atoms with Gasteiger partial charge in [-0.15, -0.1) is 11.3 Å². The van der Waals surface area contributed by atoms with Crippen LogP contribution in [0.1, 0.15) is 35.3 Å². The number of likely N-dealkylation sites (tertiary alicyclic amines) is 1. The number of anilines is 1. The molecule has 1 amide bonds. The molecule has 4 aromatic rings. The third kappa shape index (κ3) is 4.52. The highest BCUT2D eigenvalue weighted by atomic mass is 35.5. The lowest BCUT2D eigenvalue weighted by Gasteiger charge is -2.28. The van der Waals surface area contributed by atoms with Crippen LogP contribution < -0.4 is 10.6 Å². The molecule has 186 valence electrons. The third-order valence-electron chi connectivity index (χ3n) is 6.81. The highest BCUT2D eigenvalue weighted by Crippen LogP contribution is 2.41. The molecule has 6 rings (SSSR count). The summed E-state index contributed by atoms with van der Waals surface area (Å²) in [6.45, 7) is 5.06. The molecule has 36 heavy (non-hydrogen) atoms. The number of benzene rings is 1. The number of carbonyl (C=O) groups excluding carboxylic acids is 1. The zero-order valence-corrected chi connectivity index (χ0v) is 21.7. The first-order chi connectivity index (χ1) is 17.4. The minimum Gasteiger partial charge on any atom is -0.381 e. The number of hydrogen-bond donors (Lipinski definition) is 2. The van der Waals surface area contributed by atoms with Crippen molar-refractivity contribution in [3.8, 4) is 11.4 Å². The van der Waals surface area contributed by atoms with Gasteiger partial charge >= 0.3 is 0 Å². The zero-order valence-electron chi connectivity index (χ0n) is 20.2. The first-order valence-corrected chi connectivity index (χ1v) is 13.4. The van der Waals surface area contributed by atoms with Crippen LogP contribution in [0.3, 0.4) is 0 Å². The molecule has 0 spiro atoms. The molecule has 8 nitrogen and oxygen atoms in total. The number of nitrogens with zero attached hydrogens (tertiary/aromatic N) is 4. The molecule has 0 aliphatic carbocycles. The molecule has 2 aliphatic rings. The molecule has 1 saturated heterocycles. The van der Waals surface area contributed by atoms with E-state index < -0.39 is 0 Å². The van der Waals surface area contributed by atoms with Crippen LogP contribution in [-0.4, -0.2) is 64.6 Å². The number of piperidine rings is 1. The van der Waals surface area contributed by atoms with Crippen molar-refractivity contribution in [1.29, 1.82) is 0 Å². The number of hydrogen-bond acceptors (Lipinski definition) is 8. The highest BCUT2D eigenvalue weighted by Gasteiger charge is 2.25. The molecule has 2 aliphatic heterocycles. The van der Waals surface area contributed by atoms with Gasteiger partial charge in [0, 0.05) is 47.2 Å². The number of halogens is 1. The molecular weight excluding hydrogens is 496 g/mol. The van der Waals surface area contributed by atoms with E-state index >= 15 is 0 Å². The number of carbonyl (C=O) groups is 1. The second kappa shape index (κ2) is 9.55. The summed E-state index contributed by atoms with van der Waals surface area (Å²) in [7, 11) is 2.13. The Bertz CT molecular complexity index is 1470. The van der Waals surface area contributed by atoms with E-state index in [9.17, 15) is 4.79 Å². The van der Waals surface area contributed by atoms with Gasteiger partial charge in [-0.3, -0.25) is 4.79 Å². The Morgan fingerprint density at radius 1 is 1.14 bits per heavy atom. The van der Waals surface area contributed by atoms with E-state index in [-0.39, 0.29) is 18.1 Å². The van der Waals surface area contributed by atoms with Gasteiger partial charge in [-0.25, -0.2) is 15.0 Å². The van der Waals surface area contributed by atoms with E-state index in [0.29, 0.717) is 40.4 Å². The fourth-order valence-corrected chi connectivity index (χ4v) is 6.17. The topological polar surface area (TPSA) is 92.3 Å². The van der Waals surface area contributed by atoms with E-state index in [0.717, 1.165) is 52.6 Å². The monoisotopic (exact) mass is 522 g/mol. The minimum atomic E-state index is -0.0351. The molecular formula is C26H27ClN6O2S. The summed E-state index contributed by atoms with van der Waals surface area (Å²) in [4.78, 5) is 29.7. The molecule has 1 fully saturated rings. The fraction of sp³-hybridized carbons (Fsp3) is 0.385. The van der Waals surface area contributed by atoms with Crippen LogP contribution in [0.25, 0.3) is 32.4 Å². The Balaban J connectivity index is 1.32.